The SMILES string of the molecule is O=C1[C@H]2[C@@H](c3cccc4ccccc34)N(c3ccccc3)O[C@H]2C(=O)N1c1ccc(Cl)c(Cl)c1. The van der Waals surface area contributed by atoms with Crippen molar-refractivity contribution in [1.82, 2.24) is 0 Å². The Kier molecular flexibility index (Phi) is 5.06. The third-order valence-electron chi connectivity index (χ3n) is 6.43. The number of hydrogen-bond acceptors (Lipinski definition) is 4. The highest BCUT2D eigenvalue weighted by molar-refractivity contribution is 6.42. The van der Waals surface area contributed by atoms with Crippen molar-refractivity contribution in [2.45, 2.75) is 12.1 Å². The topological polar surface area (TPSA) is 49.9 Å². The second-order valence-corrected chi connectivity index (χ2v) is 9.15. The molecule has 0 bridgehead atoms. The van der Waals surface area contributed by atoms with E-state index in [1.165, 1.54) is 6.07 Å². The van der Waals surface area contributed by atoms with Gasteiger partial charge in [-0.15, -0.1) is 0 Å². The molecule has 0 saturated carbocycles. The van der Waals surface area contributed by atoms with Crippen molar-refractivity contribution in [2.75, 3.05) is 9.96 Å². The van der Waals surface area contributed by atoms with Crippen LogP contribution in [0.4, 0.5) is 11.4 Å². The van der Waals surface area contributed by atoms with Gasteiger partial charge in [0.15, 0.2) is 6.10 Å². The van der Waals surface area contributed by atoms with Crippen molar-refractivity contribution in [1.29, 1.82) is 0 Å². The van der Waals surface area contributed by atoms with Gasteiger partial charge in [-0.05, 0) is 46.7 Å². The quantitative estimate of drug-likeness (QED) is 0.322. The van der Waals surface area contributed by atoms with Gasteiger partial charge in [0.05, 0.1) is 27.5 Å². The zero-order valence-electron chi connectivity index (χ0n) is 17.8. The molecule has 6 rings (SSSR count). The van der Waals surface area contributed by atoms with Crippen molar-refractivity contribution in [3.8, 4) is 0 Å². The number of nitrogens with zero attached hydrogens (tertiary/aromatic N) is 2. The lowest BCUT2D eigenvalue weighted by Crippen LogP contribution is -2.37. The van der Waals surface area contributed by atoms with Gasteiger partial charge in [-0.1, -0.05) is 83.9 Å². The Labute approximate surface area is 206 Å². The molecule has 3 atom stereocenters. The van der Waals surface area contributed by atoms with E-state index in [9.17, 15) is 9.59 Å². The standard InChI is InChI=1S/C27H18Cl2N2O3/c28-21-14-13-18(15-22(21)29)30-26(32)23-24(20-12-6-8-16-7-4-5-11-19(16)20)31(34-25(23)27(30)33)17-9-2-1-3-10-17/h1-15,23-25H/t23-,24+,25+/m0/s1. The van der Waals surface area contributed by atoms with Crippen LogP contribution in [0.1, 0.15) is 11.6 Å². The fourth-order valence-corrected chi connectivity index (χ4v) is 5.21. The van der Waals surface area contributed by atoms with Crippen LogP contribution in [0.5, 0.6) is 0 Å². The second kappa shape index (κ2) is 8.13. The maximum Gasteiger partial charge on any atom is 0.266 e. The Morgan fingerprint density at radius 1 is 0.706 bits per heavy atom. The zero-order valence-corrected chi connectivity index (χ0v) is 19.3. The van der Waals surface area contributed by atoms with Gasteiger partial charge in [-0.25, -0.2) is 9.96 Å². The first-order valence-corrected chi connectivity index (χ1v) is 11.6. The first-order chi connectivity index (χ1) is 16.5. The minimum absolute atomic E-state index is 0.272. The lowest BCUT2D eigenvalue weighted by atomic mass is 9.87. The van der Waals surface area contributed by atoms with E-state index in [1.807, 2.05) is 72.8 Å². The molecule has 0 unspecified atom stereocenters. The van der Waals surface area contributed by atoms with Gasteiger partial charge >= 0.3 is 0 Å². The number of imide groups is 1. The van der Waals surface area contributed by atoms with Crippen LogP contribution < -0.4 is 9.96 Å². The minimum Gasteiger partial charge on any atom is -0.273 e. The molecule has 0 aromatic heterocycles. The predicted molar refractivity (Wildman–Crippen MR) is 133 cm³/mol. The molecule has 0 radical (unpaired) electrons. The number of hydroxylamine groups is 1. The summed E-state index contributed by atoms with van der Waals surface area (Å²) in [5, 5.41) is 4.39. The smallest absolute Gasteiger partial charge is 0.266 e. The largest absolute Gasteiger partial charge is 0.273 e. The summed E-state index contributed by atoms with van der Waals surface area (Å²) in [6, 6.07) is 27.7. The number of benzene rings is 4. The number of fused-ring (bicyclic) bond motifs is 2. The fourth-order valence-electron chi connectivity index (χ4n) is 4.92. The maximum absolute atomic E-state index is 13.8. The summed E-state index contributed by atoms with van der Waals surface area (Å²) in [5.74, 6) is -1.48. The van der Waals surface area contributed by atoms with Gasteiger partial charge < -0.3 is 0 Å². The summed E-state index contributed by atoms with van der Waals surface area (Å²) in [6.45, 7) is 0. The van der Waals surface area contributed by atoms with Crippen molar-refractivity contribution in [3.63, 3.8) is 0 Å². The molecule has 2 fully saturated rings. The molecular formula is C27H18Cl2N2O3. The molecule has 2 saturated heterocycles. The second-order valence-electron chi connectivity index (χ2n) is 8.34. The molecule has 0 N–H and O–H groups in total. The van der Waals surface area contributed by atoms with Crippen molar-refractivity contribution in [3.05, 3.63) is 107 Å². The van der Waals surface area contributed by atoms with Gasteiger partial charge in [-0.3, -0.25) is 14.4 Å². The van der Waals surface area contributed by atoms with Crippen LogP contribution in [0.2, 0.25) is 10.0 Å². The molecule has 2 aliphatic heterocycles. The highest BCUT2D eigenvalue weighted by atomic mass is 35.5. The molecule has 2 amide bonds. The van der Waals surface area contributed by atoms with E-state index in [4.69, 9.17) is 28.0 Å². The number of para-hydroxylation sites is 1. The van der Waals surface area contributed by atoms with Crippen molar-refractivity contribution >= 4 is 57.2 Å². The fraction of sp³-hybridized carbons (Fsp3) is 0.111. The molecule has 4 aromatic rings. The molecule has 0 spiro atoms. The molecular weight excluding hydrogens is 471 g/mol. The lowest BCUT2D eigenvalue weighted by Gasteiger charge is -2.29. The molecule has 34 heavy (non-hydrogen) atoms. The molecule has 168 valence electrons. The van der Waals surface area contributed by atoms with Crippen molar-refractivity contribution in [2.24, 2.45) is 5.92 Å². The summed E-state index contributed by atoms with van der Waals surface area (Å²) in [7, 11) is 0. The molecule has 0 aliphatic carbocycles. The first-order valence-electron chi connectivity index (χ1n) is 10.9. The van der Waals surface area contributed by atoms with E-state index in [0.29, 0.717) is 10.7 Å². The first kappa shape index (κ1) is 21.2. The molecule has 7 heteroatoms. The van der Waals surface area contributed by atoms with Crippen LogP contribution in [0.3, 0.4) is 0 Å². The Morgan fingerprint density at radius 3 is 2.24 bits per heavy atom. The van der Waals surface area contributed by atoms with Crippen LogP contribution in [-0.2, 0) is 14.4 Å². The summed E-state index contributed by atoms with van der Waals surface area (Å²) >= 11 is 12.2. The van der Waals surface area contributed by atoms with Gasteiger partial charge in [0.25, 0.3) is 5.91 Å². The number of amides is 2. The number of carbonyl (C=O) groups is 2. The Balaban J connectivity index is 1.50. The lowest BCUT2D eigenvalue weighted by molar-refractivity contribution is -0.126. The van der Waals surface area contributed by atoms with E-state index in [1.54, 1.807) is 17.2 Å². The number of anilines is 2. The van der Waals surface area contributed by atoms with Crippen LogP contribution in [-0.4, -0.2) is 17.9 Å². The van der Waals surface area contributed by atoms with Gasteiger partial charge in [-0.2, -0.15) is 0 Å². The molecule has 2 aliphatic rings. The van der Waals surface area contributed by atoms with E-state index < -0.39 is 24.0 Å². The van der Waals surface area contributed by atoms with Gasteiger partial charge in [0.1, 0.15) is 5.92 Å². The minimum atomic E-state index is -0.953. The number of hydrogen-bond donors (Lipinski definition) is 0. The number of carbonyl (C=O) groups excluding carboxylic acids is 2. The molecule has 4 aromatic carbocycles. The molecule has 2 heterocycles. The van der Waals surface area contributed by atoms with E-state index in [-0.39, 0.29) is 10.9 Å². The average Bonchev–Trinajstić information content (AvgIpc) is 3.37. The van der Waals surface area contributed by atoms with Crippen LogP contribution >= 0.6 is 23.2 Å². The van der Waals surface area contributed by atoms with Gasteiger partial charge in [0.2, 0.25) is 5.91 Å². The third-order valence-corrected chi connectivity index (χ3v) is 7.17. The zero-order chi connectivity index (χ0) is 23.4. The number of halogens is 2. The van der Waals surface area contributed by atoms with E-state index in [2.05, 4.69) is 0 Å². The number of rotatable bonds is 3. The Bertz CT molecular complexity index is 1440. The maximum atomic E-state index is 13.8. The van der Waals surface area contributed by atoms with Crippen molar-refractivity contribution < 1.29 is 14.4 Å². The van der Waals surface area contributed by atoms with E-state index in [0.717, 1.165) is 26.9 Å². The van der Waals surface area contributed by atoms with Crippen LogP contribution in [0.15, 0.2) is 91.0 Å². The third kappa shape index (κ3) is 3.20. The Morgan fingerprint density at radius 2 is 1.44 bits per heavy atom. The Hall–Kier alpha value is -3.38. The normalized spacial score (nSPS) is 22.0. The highest BCUT2D eigenvalue weighted by Crippen LogP contribution is 2.49. The molecule has 5 nitrogen and oxygen atoms in total. The summed E-state index contributed by atoms with van der Waals surface area (Å²) < 4.78 is 0. The summed E-state index contributed by atoms with van der Waals surface area (Å²) in [4.78, 5) is 34.7. The highest BCUT2D eigenvalue weighted by Gasteiger charge is 2.60. The predicted octanol–water partition coefficient (Wildman–Crippen LogP) is 6.20. The monoisotopic (exact) mass is 488 g/mol. The van der Waals surface area contributed by atoms with E-state index >= 15 is 0 Å². The van der Waals surface area contributed by atoms with Crippen LogP contribution in [0.25, 0.3) is 10.8 Å². The average molecular weight is 489 g/mol. The van der Waals surface area contributed by atoms with Crippen LogP contribution in [0, 0.1) is 5.92 Å². The summed E-state index contributed by atoms with van der Waals surface area (Å²) in [6.07, 6.45) is -0.953. The summed E-state index contributed by atoms with van der Waals surface area (Å²) in [5.41, 5.74) is 2.08. The van der Waals surface area contributed by atoms with Gasteiger partial charge in [0, 0.05) is 0 Å².